The molecule has 0 N–H and O–H groups in total. The van der Waals surface area contributed by atoms with Gasteiger partial charge in [0, 0.05) is 0 Å². The van der Waals surface area contributed by atoms with E-state index in [4.69, 9.17) is 12.6 Å². The van der Waals surface area contributed by atoms with Crippen LogP contribution in [0.3, 0.4) is 0 Å². The van der Waals surface area contributed by atoms with Crippen LogP contribution in [0, 0.1) is 0 Å². The molecular formula is C16H15BO2. The van der Waals surface area contributed by atoms with Gasteiger partial charge in [-0.05, 0) is 16.7 Å². The minimum atomic E-state index is -0.231. The number of esters is 1. The van der Waals surface area contributed by atoms with Gasteiger partial charge in [-0.15, -0.1) is 0 Å². The number of hydrogen-bond donors (Lipinski definition) is 0. The molecule has 0 atom stereocenters. The third kappa shape index (κ3) is 3.25. The summed E-state index contributed by atoms with van der Waals surface area (Å²) in [6.07, 6.45) is 0.815. The maximum Gasteiger partial charge on any atom is 0.309 e. The van der Waals surface area contributed by atoms with Gasteiger partial charge in [-0.25, -0.2) is 0 Å². The minimum Gasteiger partial charge on any atom is -0.469 e. The summed E-state index contributed by atoms with van der Waals surface area (Å²) in [7, 11) is 6.99. The van der Waals surface area contributed by atoms with Crippen molar-refractivity contribution in [3.63, 3.8) is 0 Å². The fraction of sp³-hybridized carbons (Fsp3) is 0.188. The summed E-state index contributed by atoms with van der Waals surface area (Å²) in [5.74, 6) is -0.231. The normalized spacial score (nSPS) is 10.2. The molecule has 94 valence electrons. The average Bonchev–Trinajstić information content (AvgIpc) is 2.48. The monoisotopic (exact) mass is 250 g/mol. The van der Waals surface area contributed by atoms with Crippen LogP contribution in [-0.2, 0) is 22.3 Å². The molecular weight excluding hydrogens is 235 g/mol. The van der Waals surface area contributed by atoms with E-state index in [0.29, 0.717) is 6.32 Å². The zero-order chi connectivity index (χ0) is 13.7. The Morgan fingerprint density at radius 2 is 1.79 bits per heavy atom. The summed E-state index contributed by atoms with van der Waals surface area (Å²) in [6.45, 7) is 0. The molecule has 0 aromatic heterocycles. The van der Waals surface area contributed by atoms with E-state index in [0.717, 1.165) is 22.3 Å². The molecule has 0 amide bonds. The van der Waals surface area contributed by atoms with Gasteiger partial charge >= 0.3 is 5.97 Å². The van der Waals surface area contributed by atoms with Gasteiger partial charge in [0.25, 0.3) is 0 Å². The molecule has 0 bridgehead atoms. The van der Waals surface area contributed by atoms with Crippen LogP contribution in [0.1, 0.15) is 11.1 Å². The molecule has 0 spiro atoms. The van der Waals surface area contributed by atoms with Gasteiger partial charge in [-0.2, -0.15) is 0 Å². The number of carbonyl (C=O) groups excluding carboxylic acids is 1. The SMILES string of the molecule is [B]Cc1ccc(-c2ccccc2CC(=O)OC)cc1. The number of rotatable bonds is 4. The van der Waals surface area contributed by atoms with Crippen molar-refractivity contribution in [1.82, 2.24) is 0 Å². The first-order valence-corrected chi connectivity index (χ1v) is 6.18. The van der Waals surface area contributed by atoms with Crippen LogP contribution in [-0.4, -0.2) is 20.9 Å². The van der Waals surface area contributed by atoms with E-state index in [1.807, 2.05) is 48.5 Å². The molecule has 2 aromatic carbocycles. The molecule has 0 aliphatic heterocycles. The lowest BCUT2D eigenvalue weighted by molar-refractivity contribution is -0.139. The first kappa shape index (κ1) is 13.4. The third-order valence-electron chi connectivity index (χ3n) is 3.08. The van der Waals surface area contributed by atoms with Crippen molar-refractivity contribution in [3.05, 3.63) is 59.7 Å². The van der Waals surface area contributed by atoms with Gasteiger partial charge in [-0.1, -0.05) is 60.4 Å². The number of carbonyl (C=O) groups is 1. The second kappa shape index (κ2) is 6.23. The van der Waals surface area contributed by atoms with E-state index in [1.165, 1.54) is 7.11 Å². The second-order valence-electron chi connectivity index (χ2n) is 4.31. The Kier molecular flexibility index (Phi) is 4.40. The molecule has 2 aromatic rings. The van der Waals surface area contributed by atoms with E-state index in [1.54, 1.807) is 0 Å². The molecule has 2 rings (SSSR count). The number of benzene rings is 2. The highest BCUT2D eigenvalue weighted by molar-refractivity contribution is 6.08. The molecule has 19 heavy (non-hydrogen) atoms. The van der Waals surface area contributed by atoms with E-state index >= 15 is 0 Å². The summed E-state index contributed by atoms with van der Waals surface area (Å²) in [6, 6.07) is 15.9. The lowest BCUT2D eigenvalue weighted by Crippen LogP contribution is -2.05. The topological polar surface area (TPSA) is 26.3 Å². The number of methoxy groups -OCH3 is 1. The van der Waals surface area contributed by atoms with Crippen LogP contribution >= 0.6 is 0 Å². The Balaban J connectivity index is 2.35. The smallest absolute Gasteiger partial charge is 0.309 e. The summed E-state index contributed by atoms with van der Waals surface area (Å²) in [5.41, 5.74) is 4.19. The van der Waals surface area contributed by atoms with Crippen molar-refractivity contribution >= 4 is 13.8 Å². The molecule has 3 heteroatoms. The van der Waals surface area contributed by atoms with Gasteiger partial charge in [0.1, 0.15) is 0 Å². The molecule has 0 saturated heterocycles. The van der Waals surface area contributed by atoms with Crippen LogP contribution in [0.15, 0.2) is 48.5 Å². The first-order chi connectivity index (χ1) is 9.24. The fourth-order valence-electron chi connectivity index (χ4n) is 2.00. The minimum absolute atomic E-state index is 0.231. The molecule has 0 fully saturated rings. The Morgan fingerprint density at radius 1 is 1.11 bits per heavy atom. The van der Waals surface area contributed by atoms with Crippen LogP contribution in [0.4, 0.5) is 0 Å². The predicted octanol–water partition coefficient (Wildman–Crippen LogP) is 2.74. The van der Waals surface area contributed by atoms with Crippen LogP contribution in [0.25, 0.3) is 11.1 Å². The van der Waals surface area contributed by atoms with Crippen molar-refractivity contribution in [2.45, 2.75) is 12.7 Å². The molecule has 0 aliphatic rings. The number of ether oxygens (including phenoxy) is 1. The van der Waals surface area contributed by atoms with Gasteiger partial charge in [0.2, 0.25) is 0 Å². The van der Waals surface area contributed by atoms with Gasteiger partial charge in [0.05, 0.1) is 21.4 Å². The molecule has 0 aliphatic carbocycles. The van der Waals surface area contributed by atoms with E-state index in [9.17, 15) is 4.79 Å². The summed E-state index contributed by atoms with van der Waals surface area (Å²) >= 11 is 0. The molecule has 0 unspecified atom stereocenters. The van der Waals surface area contributed by atoms with Crippen LogP contribution < -0.4 is 0 Å². The standard InChI is InChI=1S/C16H15BO2/c1-19-16(18)10-14-4-2-3-5-15(14)13-8-6-12(11-17)7-9-13/h2-9H,10-11H2,1H3. The van der Waals surface area contributed by atoms with Crippen LogP contribution in [0.5, 0.6) is 0 Å². The average molecular weight is 250 g/mol. The summed E-state index contributed by atoms with van der Waals surface area (Å²) in [5, 5.41) is 0. The molecule has 2 nitrogen and oxygen atoms in total. The van der Waals surface area contributed by atoms with Crippen molar-refractivity contribution in [2.24, 2.45) is 0 Å². The quantitative estimate of drug-likeness (QED) is 0.616. The number of hydrogen-bond acceptors (Lipinski definition) is 2. The largest absolute Gasteiger partial charge is 0.469 e. The molecule has 0 heterocycles. The highest BCUT2D eigenvalue weighted by Gasteiger charge is 2.09. The maximum atomic E-state index is 11.4. The lowest BCUT2D eigenvalue weighted by atomic mass is 9.93. The van der Waals surface area contributed by atoms with Crippen molar-refractivity contribution in [1.29, 1.82) is 0 Å². The summed E-state index contributed by atoms with van der Waals surface area (Å²) in [4.78, 5) is 11.4. The Hall–Kier alpha value is -2.03. The zero-order valence-electron chi connectivity index (χ0n) is 10.9. The Labute approximate surface area is 114 Å². The third-order valence-corrected chi connectivity index (χ3v) is 3.08. The van der Waals surface area contributed by atoms with E-state index in [2.05, 4.69) is 0 Å². The van der Waals surface area contributed by atoms with Gasteiger partial charge < -0.3 is 4.74 Å². The van der Waals surface area contributed by atoms with Crippen molar-refractivity contribution < 1.29 is 9.53 Å². The molecule has 2 radical (unpaired) electrons. The van der Waals surface area contributed by atoms with Crippen molar-refractivity contribution in [3.8, 4) is 11.1 Å². The fourth-order valence-corrected chi connectivity index (χ4v) is 2.00. The molecule has 0 saturated carbocycles. The second-order valence-corrected chi connectivity index (χ2v) is 4.31. The highest BCUT2D eigenvalue weighted by atomic mass is 16.5. The van der Waals surface area contributed by atoms with Gasteiger partial charge in [-0.3, -0.25) is 4.79 Å². The Morgan fingerprint density at radius 3 is 2.42 bits per heavy atom. The predicted molar refractivity (Wildman–Crippen MR) is 77.1 cm³/mol. The maximum absolute atomic E-state index is 11.4. The summed E-state index contributed by atoms with van der Waals surface area (Å²) < 4.78 is 4.73. The first-order valence-electron chi connectivity index (χ1n) is 6.18. The van der Waals surface area contributed by atoms with Crippen LogP contribution in [0.2, 0.25) is 0 Å². The van der Waals surface area contributed by atoms with E-state index < -0.39 is 0 Å². The van der Waals surface area contributed by atoms with Gasteiger partial charge in [0.15, 0.2) is 0 Å². The van der Waals surface area contributed by atoms with E-state index in [-0.39, 0.29) is 12.4 Å². The van der Waals surface area contributed by atoms with Crippen molar-refractivity contribution in [2.75, 3.05) is 7.11 Å². The zero-order valence-corrected chi connectivity index (χ0v) is 10.9. The Bertz CT molecular complexity index is 561. The highest BCUT2D eigenvalue weighted by Crippen LogP contribution is 2.24. The lowest BCUT2D eigenvalue weighted by Gasteiger charge is -2.09.